The average Bonchev–Trinajstić information content (AvgIpc) is 3.45. The van der Waals surface area contributed by atoms with Gasteiger partial charge in [-0.3, -0.25) is 0 Å². The fourth-order valence-corrected chi connectivity index (χ4v) is 4.56. The molecule has 30 heavy (non-hydrogen) atoms. The number of urea groups is 1. The summed E-state index contributed by atoms with van der Waals surface area (Å²) in [4.78, 5) is 18.2. The predicted molar refractivity (Wildman–Crippen MR) is 114 cm³/mol. The fraction of sp³-hybridized carbons (Fsp3) is 0.333. The van der Waals surface area contributed by atoms with Crippen molar-refractivity contribution in [1.82, 2.24) is 29.8 Å². The fourth-order valence-electron chi connectivity index (χ4n) is 3.84. The number of carbonyl (C=O) groups excluding carboxylic acids is 1. The Bertz CT molecular complexity index is 1180. The maximum atomic E-state index is 13.4. The molecule has 0 saturated carbocycles. The molecule has 0 N–H and O–H groups in total. The lowest BCUT2D eigenvalue weighted by Crippen LogP contribution is -2.47. The third kappa shape index (κ3) is 3.61. The van der Waals surface area contributed by atoms with E-state index >= 15 is 0 Å². The quantitative estimate of drug-likeness (QED) is 0.505. The summed E-state index contributed by atoms with van der Waals surface area (Å²) in [6.07, 6.45) is 0. The molecule has 4 aromatic rings. The zero-order valence-electron chi connectivity index (χ0n) is 16.7. The van der Waals surface area contributed by atoms with E-state index in [0.29, 0.717) is 45.0 Å². The van der Waals surface area contributed by atoms with E-state index in [1.807, 2.05) is 33.4 Å². The van der Waals surface area contributed by atoms with E-state index in [0.717, 1.165) is 21.3 Å². The number of benzene rings is 1. The molecule has 0 radical (unpaired) electrons. The molecule has 0 atom stereocenters. The summed E-state index contributed by atoms with van der Waals surface area (Å²) in [5, 5.41) is 15.4. The van der Waals surface area contributed by atoms with Gasteiger partial charge in [-0.05, 0) is 47.0 Å². The summed E-state index contributed by atoms with van der Waals surface area (Å²) in [7, 11) is 0. The van der Waals surface area contributed by atoms with Crippen LogP contribution < -0.4 is 0 Å². The number of fused-ring (bicyclic) bond motifs is 3. The summed E-state index contributed by atoms with van der Waals surface area (Å²) in [5.41, 5.74) is 3.72. The number of thiophene rings is 1. The van der Waals surface area contributed by atoms with Gasteiger partial charge in [0.05, 0.1) is 31.8 Å². The second-order valence-corrected chi connectivity index (χ2v) is 8.50. The number of pyridine rings is 1. The zero-order chi connectivity index (χ0) is 20.5. The van der Waals surface area contributed by atoms with Gasteiger partial charge in [0.1, 0.15) is 0 Å². The van der Waals surface area contributed by atoms with Gasteiger partial charge in [-0.25, -0.2) is 4.79 Å². The van der Waals surface area contributed by atoms with Crippen LogP contribution in [0.1, 0.15) is 16.0 Å². The number of morpholine rings is 1. The summed E-state index contributed by atoms with van der Waals surface area (Å²) < 4.78 is 7.18. The normalized spacial score (nSPS) is 14.5. The number of hydrogen-bond acceptors (Lipinski definition) is 6. The molecule has 4 heterocycles. The smallest absolute Gasteiger partial charge is 0.320 e. The van der Waals surface area contributed by atoms with Crippen molar-refractivity contribution >= 4 is 33.9 Å². The minimum atomic E-state index is 0.0154. The maximum absolute atomic E-state index is 13.4. The third-order valence-corrected chi connectivity index (χ3v) is 6.20. The first-order valence-corrected chi connectivity index (χ1v) is 10.8. The number of amides is 2. The molecule has 1 saturated heterocycles. The molecule has 5 rings (SSSR count). The van der Waals surface area contributed by atoms with Gasteiger partial charge in [0.25, 0.3) is 0 Å². The predicted octanol–water partition coefficient (Wildman–Crippen LogP) is 3.10. The Kier molecular flexibility index (Phi) is 5.06. The highest BCUT2D eigenvalue weighted by atomic mass is 32.1. The van der Waals surface area contributed by atoms with Crippen LogP contribution in [0.4, 0.5) is 4.79 Å². The van der Waals surface area contributed by atoms with Crippen molar-refractivity contribution in [3.8, 4) is 0 Å². The van der Waals surface area contributed by atoms with Crippen LogP contribution >= 0.6 is 11.3 Å². The van der Waals surface area contributed by atoms with Crippen LogP contribution in [-0.2, 0) is 17.8 Å². The molecular formula is C21H22N6O2S. The van der Waals surface area contributed by atoms with Crippen LogP contribution in [0.15, 0.2) is 41.8 Å². The van der Waals surface area contributed by atoms with E-state index in [-0.39, 0.29) is 6.03 Å². The van der Waals surface area contributed by atoms with Gasteiger partial charge in [0.15, 0.2) is 5.65 Å². The zero-order valence-corrected chi connectivity index (χ0v) is 17.5. The molecule has 1 aromatic carbocycles. The SMILES string of the molecule is Cc1ccc2c(c1)cc(CN(Cc1cccs1)C(=O)N1CCOCC1)c1nnnn12. The van der Waals surface area contributed by atoms with Crippen molar-refractivity contribution in [3.05, 3.63) is 57.8 Å². The minimum Gasteiger partial charge on any atom is -0.378 e. The lowest BCUT2D eigenvalue weighted by molar-refractivity contribution is 0.0420. The minimum absolute atomic E-state index is 0.0154. The Balaban J connectivity index is 1.53. The van der Waals surface area contributed by atoms with E-state index < -0.39 is 0 Å². The number of carbonyl (C=O) groups is 1. The Morgan fingerprint density at radius 3 is 2.87 bits per heavy atom. The highest BCUT2D eigenvalue weighted by Crippen LogP contribution is 2.23. The van der Waals surface area contributed by atoms with Crippen LogP contribution in [0.5, 0.6) is 0 Å². The molecular weight excluding hydrogens is 400 g/mol. The van der Waals surface area contributed by atoms with Crippen LogP contribution in [0.25, 0.3) is 16.6 Å². The van der Waals surface area contributed by atoms with Crippen molar-refractivity contribution in [2.45, 2.75) is 20.0 Å². The second kappa shape index (κ2) is 8.00. The van der Waals surface area contributed by atoms with Crippen molar-refractivity contribution in [3.63, 3.8) is 0 Å². The molecule has 9 heteroatoms. The molecule has 0 aliphatic carbocycles. The molecule has 1 aliphatic rings. The summed E-state index contributed by atoms with van der Waals surface area (Å²) in [6, 6.07) is 12.4. The van der Waals surface area contributed by atoms with E-state index in [1.165, 1.54) is 5.56 Å². The topological polar surface area (TPSA) is 75.9 Å². The number of nitrogens with zero attached hydrogens (tertiary/aromatic N) is 6. The summed E-state index contributed by atoms with van der Waals surface area (Å²) in [6.45, 7) is 5.42. The van der Waals surface area contributed by atoms with Gasteiger partial charge in [0, 0.05) is 28.9 Å². The second-order valence-electron chi connectivity index (χ2n) is 7.46. The first kappa shape index (κ1) is 19.0. The molecule has 154 valence electrons. The highest BCUT2D eigenvalue weighted by Gasteiger charge is 2.25. The van der Waals surface area contributed by atoms with E-state index in [1.54, 1.807) is 15.9 Å². The number of ether oxygens (including phenoxy) is 1. The van der Waals surface area contributed by atoms with E-state index in [9.17, 15) is 4.79 Å². The Labute approximate surface area is 177 Å². The van der Waals surface area contributed by atoms with Crippen molar-refractivity contribution in [1.29, 1.82) is 0 Å². The summed E-state index contributed by atoms with van der Waals surface area (Å²) in [5.74, 6) is 0. The Hall–Kier alpha value is -3.04. The van der Waals surface area contributed by atoms with Crippen LogP contribution in [0, 0.1) is 6.92 Å². The maximum Gasteiger partial charge on any atom is 0.320 e. The molecule has 1 aliphatic heterocycles. The molecule has 1 fully saturated rings. The standard InChI is InChI=1S/C21H22N6O2S/c1-15-4-5-19-16(11-15)12-17(20-22-23-24-27(19)20)13-26(14-18-3-2-10-30-18)21(28)25-6-8-29-9-7-25/h2-5,10-12H,6-9,13-14H2,1H3. The van der Waals surface area contributed by atoms with Gasteiger partial charge in [-0.1, -0.05) is 17.7 Å². The average molecular weight is 423 g/mol. The van der Waals surface area contributed by atoms with Gasteiger partial charge in [-0.15, -0.1) is 16.4 Å². The molecule has 0 unspecified atom stereocenters. The van der Waals surface area contributed by atoms with Gasteiger partial charge in [0.2, 0.25) is 0 Å². The molecule has 3 aromatic heterocycles. The highest BCUT2D eigenvalue weighted by molar-refractivity contribution is 7.09. The molecule has 0 bridgehead atoms. The van der Waals surface area contributed by atoms with Crippen LogP contribution in [0.3, 0.4) is 0 Å². The van der Waals surface area contributed by atoms with Crippen molar-refractivity contribution in [2.24, 2.45) is 0 Å². The molecule has 8 nitrogen and oxygen atoms in total. The third-order valence-electron chi connectivity index (χ3n) is 5.34. The van der Waals surface area contributed by atoms with E-state index in [2.05, 4.69) is 40.6 Å². The molecule has 0 spiro atoms. The Morgan fingerprint density at radius 1 is 1.20 bits per heavy atom. The van der Waals surface area contributed by atoms with Crippen molar-refractivity contribution < 1.29 is 9.53 Å². The number of rotatable bonds is 4. The first-order chi connectivity index (χ1) is 14.7. The molecule has 2 amide bonds. The Morgan fingerprint density at radius 2 is 2.07 bits per heavy atom. The first-order valence-electron chi connectivity index (χ1n) is 9.93. The lowest BCUT2D eigenvalue weighted by atomic mass is 10.1. The van der Waals surface area contributed by atoms with E-state index in [4.69, 9.17) is 4.74 Å². The van der Waals surface area contributed by atoms with Crippen LogP contribution in [-0.4, -0.2) is 62.2 Å². The number of tetrazole rings is 1. The van der Waals surface area contributed by atoms with Gasteiger partial charge >= 0.3 is 6.03 Å². The number of aryl methyl sites for hydroxylation is 1. The largest absolute Gasteiger partial charge is 0.378 e. The van der Waals surface area contributed by atoms with Gasteiger partial charge < -0.3 is 14.5 Å². The number of aromatic nitrogens is 4. The number of hydrogen-bond donors (Lipinski definition) is 0. The lowest BCUT2D eigenvalue weighted by Gasteiger charge is -2.33. The van der Waals surface area contributed by atoms with Gasteiger partial charge in [-0.2, -0.15) is 4.52 Å². The monoisotopic (exact) mass is 422 g/mol. The van der Waals surface area contributed by atoms with Crippen molar-refractivity contribution in [2.75, 3.05) is 26.3 Å². The van der Waals surface area contributed by atoms with Crippen LogP contribution in [0.2, 0.25) is 0 Å². The summed E-state index contributed by atoms with van der Waals surface area (Å²) >= 11 is 1.65.